The minimum absolute atomic E-state index is 0.141. The summed E-state index contributed by atoms with van der Waals surface area (Å²) in [4.78, 5) is 28.1. The minimum Gasteiger partial charge on any atom is -0.465 e. The molecule has 1 aromatic heterocycles. The number of rotatable bonds is 9. The number of sulfonamides is 1. The van der Waals surface area contributed by atoms with E-state index in [1.807, 2.05) is 6.92 Å². The van der Waals surface area contributed by atoms with Crippen molar-refractivity contribution in [1.29, 1.82) is 0 Å². The van der Waals surface area contributed by atoms with Crippen molar-refractivity contribution in [1.82, 2.24) is 4.31 Å². The average molecular weight is 495 g/mol. The number of methoxy groups -OCH3 is 1. The van der Waals surface area contributed by atoms with Gasteiger partial charge in [-0.25, -0.2) is 17.5 Å². The van der Waals surface area contributed by atoms with Gasteiger partial charge >= 0.3 is 5.97 Å². The first-order chi connectivity index (χ1) is 15.7. The lowest BCUT2D eigenvalue weighted by Gasteiger charge is -2.22. The Bertz CT molecular complexity index is 1110. The number of carbonyl (C=O) groups is 2. The number of nitrogens with zero attached hydrogens (tertiary/aromatic N) is 1. The first kappa shape index (κ1) is 25.4. The molecule has 33 heavy (non-hydrogen) atoms. The van der Waals surface area contributed by atoms with E-state index in [1.165, 1.54) is 51.9 Å². The van der Waals surface area contributed by atoms with Crippen LogP contribution < -0.4 is 10.2 Å². The quantitative estimate of drug-likeness (QED) is 0.521. The van der Waals surface area contributed by atoms with Crippen LogP contribution in [0, 0.1) is 0 Å². The average Bonchev–Trinajstić information content (AvgIpc) is 3.18. The Morgan fingerprint density at radius 3 is 2.52 bits per heavy atom. The molecule has 1 aliphatic heterocycles. The molecule has 10 heteroatoms. The van der Waals surface area contributed by atoms with Gasteiger partial charge in [0.25, 0.3) is 5.91 Å². The maximum atomic E-state index is 12.9. The van der Waals surface area contributed by atoms with Gasteiger partial charge in [0.1, 0.15) is 11.5 Å². The third-order valence-electron chi connectivity index (χ3n) is 6.00. The lowest BCUT2D eigenvalue weighted by Crippen LogP contribution is -3.11. The number of hydrogen-bond donors (Lipinski definition) is 2. The molecule has 1 atom stereocenters. The molecular formula is C23H32N3O5S2+. The number of esters is 1. The topological polar surface area (TPSA) is 97.2 Å². The van der Waals surface area contributed by atoms with E-state index in [2.05, 4.69) is 12.2 Å². The first-order valence-electron chi connectivity index (χ1n) is 11.2. The number of unbranched alkanes of at least 4 members (excludes halogenated alkanes) is 1. The number of nitrogens with one attached hydrogen (secondary N) is 2. The van der Waals surface area contributed by atoms with Crippen molar-refractivity contribution in [2.45, 2.75) is 44.6 Å². The fraction of sp³-hybridized carbons (Fsp3) is 0.478. The van der Waals surface area contributed by atoms with Crippen molar-refractivity contribution in [2.75, 3.05) is 39.1 Å². The molecule has 0 radical (unpaired) electrons. The molecule has 1 unspecified atom stereocenters. The molecule has 1 amide bonds. The molecule has 2 N–H and O–H groups in total. The van der Waals surface area contributed by atoms with Crippen LogP contribution in [0.2, 0.25) is 0 Å². The van der Waals surface area contributed by atoms with E-state index in [1.54, 1.807) is 7.05 Å². The second-order valence-corrected chi connectivity index (χ2v) is 11.3. The lowest BCUT2D eigenvalue weighted by molar-refractivity contribution is -0.913. The highest BCUT2D eigenvalue weighted by atomic mass is 32.2. The number of likely N-dealkylation sites (N-methyl/N-ethyl adjacent to an activating group) is 1. The van der Waals surface area contributed by atoms with Crippen LogP contribution in [0.3, 0.4) is 0 Å². The monoisotopic (exact) mass is 494 g/mol. The van der Waals surface area contributed by atoms with Gasteiger partial charge in [-0.05, 0) is 43.2 Å². The molecule has 8 nitrogen and oxygen atoms in total. The Labute approximate surface area is 199 Å². The summed E-state index contributed by atoms with van der Waals surface area (Å²) in [6, 6.07) is 5.86. The van der Waals surface area contributed by atoms with Crippen molar-refractivity contribution < 1.29 is 27.6 Å². The summed E-state index contributed by atoms with van der Waals surface area (Å²) in [6.45, 7) is 7.32. The number of amides is 1. The molecule has 2 aromatic rings. The van der Waals surface area contributed by atoms with Crippen LogP contribution in [-0.2, 0) is 27.7 Å². The molecule has 0 saturated carbocycles. The molecule has 0 aliphatic carbocycles. The van der Waals surface area contributed by atoms with E-state index < -0.39 is 21.9 Å². The van der Waals surface area contributed by atoms with E-state index in [0.29, 0.717) is 22.7 Å². The van der Waals surface area contributed by atoms with Gasteiger partial charge in [-0.3, -0.25) is 4.79 Å². The predicted molar refractivity (Wildman–Crippen MR) is 129 cm³/mol. The summed E-state index contributed by atoms with van der Waals surface area (Å²) in [6.07, 6.45) is 2.44. The molecule has 1 aliphatic rings. The van der Waals surface area contributed by atoms with Crippen LogP contribution in [0.1, 0.15) is 57.8 Å². The number of hydrogen-bond acceptors (Lipinski definition) is 6. The van der Waals surface area contributed by atoms with Gasteiger partial charge in [0.15, 0.2) is 0 Å². The Morgan fingerprint density at radius 1 is 1.21 bits per heavy atom. The summed E-state index contributed by atoms with van der Waals surface area (Å²) in [5, 5.41) is 3.33. The fourth-order valence-electron chi connectivity index (χ4n) is 3.88. The summed E-state index contributed by atoms with van der Waals surface area (Å²) in [7, 11) is -0.714. The van der Waals surface area contributed by atoms with Gasteiger partial charge in [-0.15, -0.1) is 11.3 Å². The number of thiophene rings is 1. The van der Waals surface area contributed by atoms with Gasteiger partial charge in [0.2, 0.25) is 10.0 Å². The largest absolute Gasteiger partial charge is 0.465 e. The molecule has 1 aromatic carbocycles. The Kier molecular flexibility index (Phi) is 8.28. The van der Waals surface area contributed by atoms with Gasteiger partial charge < -0.3 is 15.0 Å². The highest BCUT2D eigenvalue weighted by molar-refractivity contribution is 7.89. The van der Waals surface area contributed by atoms with Gasteiger partial charge in [0, 0.05) is 25.6 Å². The number of anilines is 1. The number of benzene rings is 1. The van der Waals surface area contributed by atoms with Crippen molar-refractivity contribution in [3.8, 4) is 0 Å². The highest BCUT2D eigenvalue weighted by Gasteiger charge is 2.31. The van der Waals surface area contributed by atoms with E-state index in [0.717, 1.165) is 49.3 Å². The minimum atomic E-state index is -3.60. The van der Waals surface area contributed by atoms with Gasteiger partial charge in [0.05, 0.1) is 35.5 Å². The molecule has 0 spiro atoms. The summed E-state index contributed by atoms with van der Waals surface area (Å²) < 4.78 is 31.7. The smallest absolute Gasteiger partial charge is 0.341 e. The maximum absolute atomic E-state index is 12.9. The van der Waals surface area contributed by atoms with Crippen molar-refractivity contribution in [3.05, 3.63) is 45.8 Å². The molecule has 3 rings (SSSR count). The van der Waals surface area contributed by atoms with Crippen LogP contribution in [0.15, 0.2) is 29.2 Å². The molecular weight excluding hydrogens is 462 g/mol. The van der Waals surface area contributed by atoms with Crippen LogP contribution in [0.5, 0.6) is 0 Å². The Balaban J connectivity index is 1.82. The number of fused-ring (bicyclic) bond motifs is 1. The SMILES string of the molecule is CCCCN(C)S(=O)(=O)c1ccc(C(=O)Nc2sc3c(c2C(=O)OC)CC[NH+](CC)C3)cc1. The number of ether oxygens (including phenoxy) is 1. The number of carbonyl (C=O) groups excluding carboxylic acids is 2. The van der Waals surface area contributed by atoms with Gasteiger partial charge in [-0.2, -0.15) is 0 Å². The van der Waals surface area contributed by atoms with Crippen LogP contribution in [-0.4, -0.2) is 58.4 Å². The van der Waals surface area contributed by atoms with Crippen molar-refractivity contribution >= 4 is 38.2 Å². The zero-order valence-corrected chi connectivity index (χ0v) is 21.2. The van der Waals surface area contributed by atoms with E-state index >= 15 is 0 Å². The van der Waals surface area contributed by atoms with Crippen molar-refractivity contribution in [3.63, 3.8) is 0 Å². The fourth-order valence-corrected chi connectivity index (χ4v) is 6.39. The van der Waals surface area contributed by atoms with E-state index in [9.17, 15) is 18.0 Å². The van der Waals surface area contributed by atoms with Crippen LogP contribution in [0.25, 0.3) is 0 Å². The van der Waals surface area contributed by atoms with Crippen molar-refractivity contribution in [2.24, 2.45) is 0 Å². The van der Waals surface area contributed by atoms with E-state index in [-0.39, 0.29) is 4.90 Å². The standard InChI is InChI=1S/C23H31N3O5S2/c1-5-7-13-25(3)33(29,30)17-10-8-16(9-11-17)21(27)24-22-20(23(28)31-4)18-12-14-26(6-2)15-19(18)32-22/h8-11H,5-7,12-15H2,1-4H3,(H,24,27)/p+1. The summed E-state index contributed by atoms with van der Waals surface area (Å²) >= 11 is 1.41. The van der Waals surface area contributed by atoms with Crippen LogP contribution in [0.4, 0.5) is 5.00 Å². The maximum Gasteiger partial charge on any atom is 0.341 e. The molecule has 0 saturated heterocycles. The zero-order chi connectivity index (χ0) is 24.2. The molecule has 0 fully saturated rings. The van der Waals surface area contributed by atoms with E-state index in [4.69, 9.17) is 4.74 Å². The first-order valence-corrected chi connectivity index (χ1v) is 13.4. The van der Waals surface area contributed by atoms with Gasteiger partial charge in [-0.1, -0.05) is 13.3 Å². The molecule has 0 bridgehead atoms. The highest BCUT2D eigenvalue weighted by Crippen LogP contribution is 2.35. The second kappa shape index (κ2) is 10.8. The second-order valence-electron chi connectivity index (χ2n) is 8.14. The molecule has 180 valence electrons. The number of quaternary nitrogens is 1. The summed E-state index contributed by atoms with van der Waals surface area (Å²) in [5.41, 5.74) is 1.70. The van der Waals surface area contributed by atoms with Crippen LogP contribution >= 0.6 is 11.3 Å². The zero-order valence-electron chi connectivity index (χ0n) is 19.6. The Hall–Kier alpha value is -2.27. The Morgan fingerprint density at radius 2 is 1.91 bits per heavy atom. The normalized spacial score (nSPS) is 15.8. The third kappa shape index (κ3) is 5.46. The summed E-state index contributed by atoms with van der Waals surface area (Å²) in [5.74, 6) is -0.860. The predicted octanol–water partition coefficient (Wildman–Crippen LogP) is 2.17. The lowest BCUT2D eigenvalue weighted by atomic mass is 10.0. The molecule has 2 heterocycles. The third-order valence-corrected chi connectivity index (χ3v) is 9.02.